The molecule has 0 N–H and O–H groups in total. The number of nitrogens with zero attached hydrogens (tertiary/aromatic N) is 2. The van der Waals surface area contributed by atoms with Crippen LogP contribution < -0.4 is 0 Å². The van der Waals surface area contributed by atoms with Crippen LogP contribution in [0.25, 0.3) is 17.0 Å². The largest absolute Gasteiger partial charge is 0.334 e. The highest BCUT2D eigenvalue weighted by Gasteiger charge is 2.12. The first-order valence-electron chi connectivity index (χ1n) is 5.60. The second-order valence-corrected chi connectivity index (χ2v) is 4.11. The second-order valence-electron chi connectivity index (χ2n) is 4.11. The Balaban J connectivity index is 1.92. The Morgan fingerprint density at radius 3 is 2.71 bits per heavy atom. The van der Waals surface area contributed by atoms with Crippen molar-refractivity contribution in [3.05, 3.63) is 53.9 Å². The van der Waals surface area contributed by atoms with Gasteiger partial charge in [-0.2, -0.15) is 4.98 Å². The average molecular weight is 224 g/mol. The SMILES string of the molecule is Cc1ccc(-c2noc(C3=CC=CC3)n2)cc1. The van der Waals surface area contributed by atoms with Crippen LogP contribution in [-0.4, -0.2) is 10.1 Å². The average Bonchev–Trinajstić information content (AvgIpc) is 3.00. The summed E-state index contributed by atoms with van der Waals surface area (Å²) in [7, 11) is 0. The van der Waals surface area contributed by atoms with Crippen LogP contribution in [-0.2, 0) is 0 Å². The summed E-state index contributed by atoms with van der Waals surface area (Å²) < 4.78 is 5.26. The zero-order chi connectivity index (χ0) is 11.7. The lowest BCUT2D eigenvalue weighted by atomic mass is 10.1. The zero-order valence-electron chi connectivity index (χ0n) is 9.55. The summed E-state index contributed by atoms with van der Waals surface area (Å²) in [4.78, 5) is 4.41. The number of hydrogen-bond donors (Lipinski definition) is 0. The van der Waals surface area contributed by atoms with Gasteiger partial charge in [0.15, 0.2) is 0 Å². The molecule has 0 radical (unpaired) electrons. The summed E-state index contributed by atoms with van der Waals surface area (Å²) in [6.45, 7) is 2.06. The third kappa shape index (κ3) is 1.91. The van der Waals surface area contributed by atoms with Crippen LogP contribution in [0.1, 0.15) is 17.9 Å². The van der Waals surface area contributed by atoms with E-state index in [2.05, 4.69) is 23.1 Å². The minimum atomic E-state index is 0.616. The van der Waals surface area contributed by atoms with E-state index in [4.69, 9.17) is 4.52 Å². The molecule has 0 atom stereocenters. The number of hydrogen-bond acceptors (Lipinski definition) is 3. The number of aromatic nitrogens is 2. The summed E-state index contributed by atoms with van der Waals surface area (Å²) >= 11 is 0. The molecule has 1 aromatic heterocycles. The highest BCUT2D eigenvalue weighted by atomic mass is 16.5. The molecule has 0 aliphatic heterocycles. The fraction of sp³-hybridized carbons (Fsp3) is 0.143. The van der Waals surface area contributed by atoms with E-state index in [1.807, 2.05) is 36.4 Å². The van der Waals surface area contributed by atoms with Crippen LogP contribution in [0.3, 0.4) is 0 Å². The molecule has 1 aromatic carbocycles. The van der Waals surface area contributed by atoms with Crippen molar-refractivity contribution in [2.45, 2.75) is 13.3 Å². The van der Waals surface area contributed by atoms with Crippen LogP contribution in [0.5, 0.6) is 0 Å². The minimum absolute atomic E-state index is 0.616. The van der Waals surface area contributed by atoms with Gasteiger partial charge in [-0.05, 0) is 13.3 Å². The summed E-state index contributed by atoms with van der Waals surface area (Å²) in [5.41, 5.74) is 3.29. The molecule has 0 bridgehead atoms. The maximum Gasteiger partial charge on any atom is 0.254 e. The molecule has 0 fully saturated rings. The monoisotopic (exact) mass is 224 g/mol. The Morgan fingerprint density at radius 1 is 1.18 bits per heavy atom. The first kappa shape index (κ1) is 10.0. The smallest absolute Gasteiger partial charge is 0.254 e. The van der Waals surface area contributed by atoms with Gasteiger partial charge in [0.1, 0.15) is 0 Å². The van der Waals surface area contributed by atoms with E-state index in [0.29, 0.717) is 11.7 Å². The van der Waals surface area contributed by atoms with Crippen molar-refractivity contribution in [1.82, 2.24) is 10.1 Å². The van der Waals surface area contributed by atoms with E-state index in [9.17, 15) is 0 Å². The maximum absolute atomic E-state index is 5.26. The summed E-state index contributed by atoms with van der Waals surface area (Å²) in [6.07, 6.45) is 6.96. The van der Waals surface area contributed by atoms with Crippen molar-refractivity contribution < 1.29 is 4.52 Å². The molecule has 1 aliphatic carbocycles. The van der Waals surface area contributed by atoms with Gasteiger partial charge in [0.2, 0.25) is 5.82 Å². The minimum Gasteiger partial charge on any atom is -0.334 e. The number of aryl methyl sites for hydroxylation is 1. The predicted octanol–water partition coefficient (Wildman–Crippen LogP) is 3.39. The maximum atomic E-state index is 5.26. The molecule has 0 amide bonds. The van der Waals surface area contributed by atoms with Crippen LogP contribution in [0, 0.1) is 6.92 Å². The van der Waals surface area contributed by atoms with Crippen LogP contribution in [0.2, 0.25) is 0 Å². The zero-order valence-corrected chi connectivity index (χ0v) is 9.55. The van der Waals surface area contributed by atoms with E-state index in [-0.39, 0.29) is 0 Å². The molecule has 3 heteroatoms. The van der Waals surface area contributed by atoms with E-state index < -0.39 is 0 Å². The normalized spacial score (nSPS) is 14.1. The molecule has 3 rings (SSSR count). The molecule has 17 heavy (non-hydrogen) atoms. The molecule has 0 saturated carbocycles. The Labute approximate surface area is 99.5 Å². The van der Waals surface area contributed by atoms with Gasteiger partial charge < -0.3 is 4.52 Å². The highest BCUT2D eigenvalue weighted by molar-refractivity contribution is 5.66. The Bertz CT molecular complexity index is 591. The molecule has 3 nitrogen and oxygen atoms in total. The van der Waals surface area contributed by atoms with Crippen molar-refractivity contribution in [1.29, 1.82) is 0 Å². The van der Waals surface area contributed by atoms with E-state index in [1.165, 1.54) is 5.56 Å². The lowest BCUT2D eigenvalue weighted by Crippen LogP contribution is -1.83. The van der Waals surface area contributed by atoms with Gasteiger partial charge in [-0.1, -0.05) is 53.2 Å². The molecule has 2 aromatic rings. The van der Waals surface area contributed by atoms with Crippen molar-refractivity contribution in [3.63, 3.8) is 0 Å². The van der Waals surface area contributed by atoms with Crippen molar-refractivity contribution in [3.8, 4) is 11.4 Å². The number of rotatable bonds is 2. The topological polar surface area (TPSA) is 38.9 Å². The van der Waals surface area contributed by atoms with Gasteiger partial charge in [-0.25, -0.2) is 0 Å². The van der Waals surface area contributed by atoms with Crippen molar-refractivity contribution in [2.24, 2.45) is 0 Å². The summed E-state index contributed by atoms with van der Waals surface area (Å²) in [5.74, 6) is 1.26. The second kappa shape index (κ2) is 4.01. The fourth-order valence-electron chi connectivity index (χ4n) is 1.78. The standard InChI is InChI=1S/C14H12N2O/c1-10-6-8-11(9-7-10)13-15-14(17-16-13)12-4-2-3-5-12/h2-4,6-9H,5H2,1H3. The van der Waals surface area contributed by atoms with Gasteiger partial charge in [0, 0.05) is 11.1 Å². The number of allylic oxidation sites excluding steroid dienone is 4. The molecule has 0 unspecified atom stereocenters. The Hall–Kier alpha value is -2.16. The fourth-order valence-corrected chi connectivity index (χ4v) is 1.78. The van der Waals surface area contributed by atoms with Crippen LogP contribution in [0.4, 0.5) is 0 Å². The molecule has 1 heterocycles. The first-order valence-corrected chi connectivity index (χ1v) is 5.60. The summed E-state index contributed by atoms with van der Waals surface area (Å²) in [6, 6.07) is 8.10. The molecular weight excluding hydrogens is 212 g/mol. The third-order valence-electron chi connectivity index (χ3n) is 2.78. The van der Waals surface area contributed by atoms with Crippen molar-refractivity contribution in [2.75, 3.05) is 0 Å². The van der Waals surface area contributed by atoms with Gasteiger partial charge in [-0.15, -0.1) is 0 Å². The van der Waals surface area contributed by atoms with Crippen molar-refractivity contribution >= 4 is 5.57 Å². The van der Waals surface area contributed by atoms with E-state index >= 15 is 0 Å². The predicted molar refractivity (Wildman–Crippen MR) is 66.2 cm³/mol. The molecule has 84 valence electrons. The van der Waals surface area contributed by atoms with Gasteiger partial charge in [0.05, 0.1) is 0 Å². The Kier molecular flexibility index (Phi) is 2.37. The van der Waals surface area contributed by atoms with E-state index in [0.717, 1.165) is 17.6 Å². The van der Waals surface area contributed by atoms with Crippen LogP contribution in [0.15, 0.2) is 47.0 Å². The van der Waals surface area contributed by atoms with Crippen LogP contribution >= 0.6 is 0 Å². The Morgan fingerprint density at radius 2 is 2.00 bits per heavy atom. The molecule has 1 aliphatic rings. The first-order chi connectivity index (χ1) is 8.33. The van der Waals surface area contributed by atoms with Gasteiger partial charge in [0.25, 0.3) is 5.89 Å². The lowest BCUT2D eigenvalue weighted by molar-refractivity contribution is 0.407. The third-order valence-corrected chi connectivity index (χ3v) is 2.78. The molecule has 0 saturated heterocycles. The van der Waals surface area contributed by atoms with Gasteiger partial charge >= 0.3 is 0 Å². The highest BCUT2D eigenvalue weighted by Crippen LogP contribution is 2.24. The van der Waals surface area contributed by atoms with Gasteiger partial charge in [-0.3, -0.25) is 0 Å². The van der Waals surface area contributed by atoms with E-state index in [1.54, 1.807) is 0 Å². The summed E-state index contributed by atoms with van der Waals surface area (Å²) in [5, 5.41) is 4.01. The lowest BCUT2D eigenvalue weighted by Gasteiger charge is -1.94. The number of benzene rings is 1. The quantitative estimate of drug-likeness (QED) is 0.784. The molecule has 0 spiro atoms. The molecular formula is C14H12N2O.